The molecule has 4 heteroatoms. The predicted molar refractivity (Wildman–Crippen MR) is 77.6 cm³/mol. The summed E-state index contributed by atoms with van der Waals surface area (Å²) < 4.78 is 0. The maximum absolute atomic E-state index is 5.71. The molecule has 0 bridgehead atoms. The first-order chi connectivity index (χ1) is 8.11. The Kier molecular flexibility index (Phi) is 3.54. The van der Waals surface area contributed by atoms with Gasteiger partial charge in [0.05, 0.1) is 10.6 Å². The quantitative estimate of drug-likeness (QED) is 0.862. The minimum atomic E-state index is 0.443. The molecule has 88 valence electrons. The maximum Gasteiger partial charge on any atom is 0.124 e. The van der Waals surface area contributed by atoms with E-state index in [-0.39, 0.29) is 0 Å². The molecule has 0 unspecified atom stereocenters. The van der Waals surface area contributed by atoms with Crippen molar-refractivity contribution in [3.63, 3.8) is 0 Å². The molecule has 0 spiro atoms. The lowest BCUT2D eigenvalue weighted by atomic mass is 10.1. The van der Waals surface area contributed by atoms with Crippen molar-refractivity contribution in [3.8, 4) is 10.6 Å². The Hall–Kier alpha value is -1.26. The third-order valence-corrected chi connectivity index (χ3v) is 4.03. The molecule has 0 saturated heterocycles. The van der Waals surface area contributed by atoms with Crippen LogP contribution in [0.5, 0.6) is 0 Å². The smallest absolute Gasteiger partial charge is 0.124 e. The Bertz CT molecular complexity index is 558. The van der Waals surface area contributed by atoms with E-state index in [1.54, 1.807) is 11.3 Å². The summed E-state index contributed by atoms with van der Waals surface area (Å²) in [7, 11) is 0. The highest BCUT2D eigenvalue weighted by Gasteiger charge is 2.13. The number of hydrogen-bond acceptors (Lipinski definition) is 3. The monoisotopic (exact) mass is 262 g/mol. The minimum absolute atomic E-state index is 0.443. The zero-order valence-corrected chi connectivity index (χ0v) is 11.5. The van der Waals surface area contributed by atoms with Gasteiger partial charge in [-0.2, -0.15) is 0 Å². The molecule has 0 atom stereocenters. The second kappa shape index (κ2) is 4.94. The van der Waals surface area contributed by atoms with E-state index in [1.165, 1.54) is 5.56 Å². The van der Waals surface area contributed by atoms with Gasteiger partial charge in [-0.05, 0) is 19.4 Å². The fourth-order valence-corrected chi connectivity index (χ4v) is 2.93. The lowest BCUT2D eigenvalue weighted by Crippen LogP contribution is -2.09. The fourth-order valence-electron chi connectivity index (χ4n) is 1.69. The molecule has 1 heterocycles. The molecule has 0 aliphatic carbocycles. The lowest BCUT2D eigenvalue weighted by molar-refractivity contribution is 1.06. The van der Waals surface area contributed by atoms with Gasteiger partial charge in [-0.3, -0.25) is 0 Å². The standard InChI is InChI=1S/C13H14N2S2/c1-3-10-11(12(14)16)17-13(15-10)9-6-4-5-8(2)7-9/h4-7H,3H2,1-2H3,(H2,14,16). The summed E-state index contributed by atoms with van der Waals surface area (Å²) in [4.78, 5) is 6.00. The van der Waals surface area contributed by atoms with Crippen LogP contribution in [-0.4, -0.2) is 9.97 Å². The van der Waals surface area contributed by atoms with E-state index in [0.29, 0.717) is 4.99 Å². The summed E-state index contributed by atoms with van der Waals surface area (Å²) in [5.74, 6) is 0. The van der Waals surface area contributed by atoms with E-state index in [4.69, 9.17) is 18.0 Å². The van der Waals surface area contributed by atoms with Gasteiger partial charge in [0.25, 0.3) is 0 Å². The average molecular weight is 262 g/mol. The van der Waals surface area contributed by atoms with E-state index in [1.807, 2.05) is 6.07 Å². The van der Waals surface area contributed by atoms with Gasteiger partial charge in [0, 0.05) is 5.56 Å². The normalized spacial score (nSPS) is 10.5. The number of nitrogens with two attached hydrogens (primary N) is 1. The minimum Gasteiger partial charge on any atom is -0.389 e. The second-order valence-corrected chi connectivity index (χ2v) is 5.32. The highest BCUT2D eigenvalue weighted by Crippen LogP contribution is 2.28. The van der Waals surface area contributed by atoms with E-state index in [9.17, 15) is 0 Å². The molecule has 0 saturated carbocycles. The van der Waals surface area contributed by atoms with Crippen molar-refractivity contribution >= 4 is 28.5 Å². The number of aryl methyl sites for hydroxylation is 2. The van der Waals surface area contributed by atoms with Crippen molar-refractivity contribution in [3.05, 3.63) is 40.4 Å². The first kappa shape index (κ1) is 12.2. The van der Waals surface area contributed by atoms with Crippen molar-refractivity contribution in [1.82, 2.24) is 4.98 Å². The summed E-state index contributed by atoms with van der Waals surface area (Å²) >= 11 is 6.63. The van der Waals surface area contributed by atoms with Gasteiger partial charge >= 0.3 is 0 Å². The highest BCUT2D eigenvalue weighted by atomic mass is 32.1. The number of rotatable bonds is 3. The number of thiazole rings is 1. The summed E-state index contributed by atoms with van der Waals surface area (Å²) in [5, 5.41) is 0.994. The Balaban J connectivity index is 2.50. The maximum atomic E-state index is 5.71. The average Bonchev–Trinajstić information content (AvgIpc) is 2.73. The Labute approximate surface area is 111 Å². The molecule has 1 aromatic carbocycles. The van der Waals surface area contributed by atoms with Crippen molar-refractivity contribution in [2.24, 2.45) is 5.73 Å². The van der Waals surface area contributed by atoms with Crippen LogP contribution in [0.2, 0.25) is 0 Å². The van der Waals surface area contributed by atoms with Crippen molar-refractivity contribution in [2.45, 2.75) is 20.3 Å². The highest BCUT2D eigenvalue weighted by molar-refractivity contribution is 7.81. The van der Waals surface area contributed by atoms with Gasteiger partial charge in [0.1, 0.15) is 10.00 Å². The van der Waals surface area contributed by atoms with Crippen molar-refractivity contribution in [1.29, 1.82) is 0 Å². The first-order valence-electron chi connectivity index (χ1n) is 5.48. The second-order valence-electron chi connectivity index (χ2n) is 3.88. The first-order valence-corrected chi connectivity index (χ1v) is 6.71. The van der Waals surface area contributed by atoms with Gasteiger partial charge in [0.15, 0.2) is 0 Å². The molecule has 2 N–H and O–H groups in total. The molecule has 0 fully saturated rings. The summed E-state index contributed by atoms with van der Waals surface area (Å²) in [5.41, 5.74) is 9.07. The number of thiocarbonyl (C=S) groups is 1. The van der Waals surface area contributed by atoms with Gasteiger partial charge in [-0.15, -0.1) is 11.3 Å². The van der Waals surface area contributed by atoms with E-state index >= 15 is 0 Å². The third-order valence-electron chi connectivity index (χ3n) is 2.52. The van der Waals surface area contributed by atoms with Crippen molar-refractivity contribution in [2.75, 3.05) is 0 Å². The van der Waals surface area contributed by atoms with Crippen LogP contribution in [0.3, 0.4) is 0 Å². The molecular weight excluding hydrogens is 248 g/mol. The largest absolute Gasteiger partial charge is 0.389 e. The molecule has 0 aliphatic heterocycles. The molecule has 2 aromatic rings. The summed E-state index contributed by atoms with van der Waals surface area (Å²) in [6.07, 6.45) is 0.856. The van der Waals surface area contributed by atoms with Gasteiger partial charge in [0.2, 0.25) is 0 Å². The molecule has 17 heavy (non-hydrogen) atoms. The zero-order valence-electron chi connectivity index (χ0n) is 9.86. The SMILES string of the molecule is CCc1nc(-c2cccc(C)c2)sc1C(N)=S. The number of nitrogens with zero attached hydrogens (tertiary/aromatic N) is 1. The molecule has 0 radical (unpaired) electrons. The number of benzene rings is 1. The summed E-state index contributed by atoms with van der Waals surface area (Å²) in [6, 6.07) is 8.31. The van der Waals surface area contributed by atoms with Crippen LogP contribution in [-0.2, 0) is 6.42 Å². The molecule has 2 nitrogen and oxygen atoms in total. The van der Waals surface area contributed by atoms with E-state index in [0.717, 1.165) is 27.6 Å². The molecule has 0 amide bonds. The van der Waals surface area contributed by atoms with Crippen LogP contribution in [0.25, 0.3) is 10.6 Å². The van der Waals surface area contributed by atoms with Gasteiger partial charge in [-0.25, -0.2) is 4.98 Å². The van der Waals surface area contributed by atoms with Crippen LogP contribution in [0, 0.1) is 6.92 Å². The van der Waals surface area contributed by atoms with Crippen LogP contribution in [0.15, 0.2) is 24.3 Å². The predicted octanol–water partition coefficient (Wildman–Crippen LogP) is 3.32. The molecule has 0 aliphatic rings. The van der Waals surface area contributed by atoms with Crippen LogP contribution in [0.1, 0.15) is 23.1 Å². The molecule has 2 rings (SSSR count). The topological polar surface area (TPSA) is 38.9 Å². The zero-order chi connectivity index (χ0) is 12.4. The Morgan fingerprint density at radius 2 is 2.24 bits per heavy atom. The third kappa shape index (κ3) is 2.53. The lowest BCUT2D eigenvalue weighted by Gasteiger charge is -1.97. The van der Waals surface area contributed by atoms with E-state index < -0.39 is 0 Å². The summed E-state index contributed by atoms with van der Waals surface area (Å²) in [6.45, 7) is 4.14. The Morgan fingerprint density at radius 1 is 1.47 bits per heavy atom. The van der Waals surface area contributed by atoms with Crippen LogP contribution in [0.4, 0.5) is 0 Å². The fraction of sp³-hybridized carbons (Fsp3) is 0.231. The van der Waals surface area contributed by atoms with Gasteiger partial charge in [-0.1, -0.05) is 42.9 Å². The Morgan fingerprint density at radius 3 is 2.76 bits per heavy atom. The van der Waals surface area contributed by atoms with Crippen LogP contribution < -0.4 is 5.73 Å². The van der Waals surface area contributed by atoms with E-state index in [2.05, 4.69) is 37.0 Å². The molecular formula is C13H14N2S2. The number of hydrogen-bond donors (Lipinski definition) is 1. The number of aromatic nitrogens is 1. The molecule has 1 aromatic heterocycles. The van der Waals surface area contributed by atoms with Crippen LogP contribution >= 0.6 is 23.6 Å². The van der Waals surface area contributed by atoms with Crippen molar-refractivity contribution < 1.29 is 0 Å². The van der Waals surface area contributed by atoms with Gasteiger partial charge < -0.3 is 5.73 Å².